The van der Waals surface area contributed by atoms with Gasteiger partial charge in [0, 0.05) is 4.87 Å². The van der Waals surface area contributed by atoms with E-state index in [2.05, 4.69) is 0 Å². The number of alkyl halides is 1. The first-order chi connectivity index (χ1) is 8.41. The summed E-state index contributed by atoms with van der Waals surface area (Å²) in [5, 5.41) is 0. The van der Waals surface area contributed by atoms with Crippen LogP contribution in [0.5, 0.6) is 0 Å². The molecule has 140 valence electrons. The average molecular weight is 367 g/mol. The summed E-state index contributed by atoms with van der Waals surface area (Å²) in [5.41, 5.74) is 0.703. The Kier molecular flexibility index (Phi) is 13.7. The molecular formula is C19H39ClO2S. The topological polar surface area (TPSA) is 34.1 Å². The first-order valence-electron chi connectivity index (χ1n) is 6.40. The second-order valence-electron chi connectivity index (χ2n) is 6.63. The van der Waals surface area contributed by atoms with Gasteiger partial charge >= 0.3 is 0 Å². The summed E-state index contributed by atoms with van der Waals surface area (Å²) in [6.45, 7) is 9.66. The fraction of sp³-hybridized carbons (Fsp3) is 0.684. The second-order valence-corrected chi connectivity index (χ2v) is 9.64. The van der Waals surface area contributed by atoms with E-state index in [4.69, 9.17) is 11.6 Å². The number of rotatable bonds is 5. The Bertz CT molecular complexity index is 523. The number of hydrogen-bond acceptors (Lipinski definition) is 2. The van der Waals surface area contributed by atoms with Crippen molar-refractivity contribution in [1.29, 1.82) is 0 Å². The van der Waals surface area contributed by atoms with E-state index in [9.17, 15) is 8.42 Å². The van der Waals surface area contributed by atoms with Crippen molar-refractivity contribution in [3.8, 4) is 0 Å². The summed E-state index contributed by atoms with van der Waals surface area (Å²) in [4.78, 5) is -0.00898. The van der Waals surface area contributed by atoms with Crippen LogP contribution in [0.4, 0.5) is 0 Å². The van der Waals surface area contributed by atoms with Crippen LogP contribution in [0.15, 0.2) is 29.2 Å². The summed E-state index contributed by atoms with van der Waals surface area (Å²) < 4.78 is 24.8. The molecule has 0 spiro atoms. The summed E-state index contributed by atoms with van der Waals surface area (Å²) in [5.74, 6) is 0.110. The fourth-order valence-electron chi connectivity index (χ4n) is 2.53. The summed E-state index contributed by atoms with van der Waals surface area (Å²) in [7, 11) is -3.27. The summed E-state index contributed by atoms with van der Waals surface area (Å²) >= 11 is 6.22. The molecule has 0 fully saturated rings. The van der Waals surface area contributed by atoms with Gasteiger partial charge in [-0.1, -0.05) is 61.3 Å². The lowest BCUT2D eigenvalue weighted by molar-refractivity contribution is 0.337. The molecule has 0 N–H and O–H groups in total. The van der Waals surface area contributed by atoms with Gasteiger partial charge in [0.15, 0.2) is 9.84 Å². The van der Waals surface area contributed by atoms with Crippen LogP contribution in [-0.4, -0.2) is 19.0 Å². The van der Waals surface area contributed by atoms with Crippen LogP contribution in [0, 0.1) is 12.3 Å². The molecule has 2 nitrogen and oxygen atoms in total. The molecule has 1 rings (SSSR count). The van der Waals surface area contributed by atoms with Crippen LogP contribution in [0.2, 0.25) is 0 Å². The van der Waals surface area contributed by atoms with E-state index in [0.717, 1.165) is 5.56 Å². The van der Waals surface area contributed by atoms with Crippen LogP contribution in [0.1, 0.15) is 69.4 Å². The van der Waals surface area contributed by atoms with Gasteiger partial charge in [0.25, 0.3) is 0 Å². The van der Waals surface area contributed by atoms with Crippen molar-refractivity contribution in [2.75, 3.05) is 5.75 Å². The predicted molar refractivity (Wildman–Crippen MR) is 108 cm³/mol. The predicted octanol–water partition coefficient (Wildman–Crippen LogP) is 6.75. The number of hydrogen-bond donors (Lipinski definition) is 0. The van der Waals surface area contributed by atoms with Gasteiger partial charge < -0.3 is 0 Å². The fourth-order valence-corrected chi connectivity index (χ4v) is 4.74. The largest absolute Gasteiger partial charge is 0.224 e. The van der Waals surface area contributed by atoms with E-state index in [1.807, 2.05) is 46.8 Å². The highest BCUT2D eigenvalue weighted by atomic mass is 35.5. The minimum Gasteiger partial charge on any atom is -0.224 e. The molecule has 0 unspecified atom stereocenters. The molecule has 0 aliphatic heterocycles. The van der Waals surface area contributed by atoms with E-state index in [-0.39, 0.29) is 40.9 Å². The minimum atomic E-state index is -3.27. The Labute approximate surface area is 151 Å². The molecule has 23 heavy (non-hydrogen) atoms. The maximum Gasteiger partial charge on any atom is 0.178 e. The van der Waals surface area contributed by atoms with E-state index in [1.54, 1.807) is 12.1 Å². The van der Waals surface area contributed by atoms with Crippen molar-refractivity contribution in [2.45, 2.75) is 80.5 Å². The van der Waals surface area contributed by atoms with Crippen molar-refractivity contribution in [3.63, 3.8) is 0 Å². The molecule has 1 aromatic carbocycles. The number of halogens is 1. The highest BCUT2D eigenvalue weighted by molar-refractivity contribution is 7.91. The normalized spacial score (nSPS) is 11.2. The standard InChI is InChI=1S/C15H23ClO2S.4CH4/c1-12-6-8-13(9-7-12)19(17,18)11-14(2,3)10-15(4,5)16;;;;/h6-9H,10-11H2,1-5H3;4*1H4. The quantitative estimate of drug-likeness (QED) is 0.540. The van der Waals surface area contributed by atoms with Gasteiger partial charge in [-0.2, -0.15) is 0 Å². The molecule has 0 aliphatic rings. The molecule has 1 aromatic rings. The highest BCUT2D eigenvalue weighted by Gasteiger charge is 2.32. The molecule has 0 atom stereocenters. The van der Waals surface area contributed by atoms with Gasteiger partial charge in [-0.25, -0.2) is 8.42 Å². The molecule has 0 saturated heterocycles. The lowest BCUT2D eigenvalue weighted by Gasteiger charge is -2.30. The lowest BCUT2D eigenvalue weighted by atomic mass is 9.85. The van der Waals surface area contributed by atoms with Crippen molar-refractivity contribution >= 4 is 21.4 Å². The van der Waals surface area contributed by atoms with Crippen molar-refractivity contribution in [1.82, 2.24) is 0 Å². The third-order valence-electron chi connectivity index (χ3n) is 2.86. The Morgan fingerprint density at radius 3 is 1.65 bits per heavy atom. The molecule has 0 bridgehead atoms. The van der Waals surface area contributed by atoms with Crippen LogP contribution in [-0.2, 0) is 9.84 Å². The molecule has 0 amide bonds. The molecule has 0 saturated carbocycles. The van der Waals surface area contributed by atoms with Crippen LogP contribution in [0.3, 0.4) is 0 Å². The molecule has 0 radical (unpaired) electrons. The minimum absolute atomic E-state index is 0. The maximum atomic E-state index is 12.4. The average Bonchev–Trinajstić information content (AvgIpc) is 2.11. The van der Waals surface area contributed by atoms with Gasteiger partial charge in [0.2, 0.25) is 0 Å². The van der Waals surface area contributed by atoms with E-state index in [1.165, 1.54) is 0 Å². The Hall–Kier alpha value is -0.540. The smallest absolute Gasteiger partial charge is 0.178 e. The van der Waals surface area contributed by atoms with Gasteiger partial charge in [-0.15, -0.1) is 11.6 Å². The number of sulfone groups is 1. The van der Waals surface area contributed by atoms with Crippen LogP contribution < -0.4 is 0 Å². The first-order valence-corrected chi connectivity index (χ1v) is 8.43. The molecule has 0 aromatic heterocycles. The third kappa shape index (κ3) is 10.8. The van der Waals surface area contributed by atoms with E-state index in [0.29, 0.717) is 11.3 Å². The molecule has 0 aliphatic carbocycles. The third-order valence-corrected chi connectivity index (χ3v) is 5.15. The zero-order valence-corrected chi connectivity index (χ0v) is 13.9. The van der Waals surface area contributed by atoms with Gasteiger partial charge in [0.1, 0.15) is 0 Å². The molecule has 0 heterocycles. The Balaban J connectivity index is -0.000000451. The zero-order chi connectivity index (χ0) is 14.9. The summed E-state index contributed by atoms with van der Waals surface area (Å²) in [6.07, 6.45) is 0.645. The van der Waals surface area contributed by atoms with Gasteiger partial charge in [0.05, 0.1) is 10.6 Å². The summed E-state index contributed by atoms with van der Waals surface area (Å²) in [6, 6.07) is 7.00. The first kappa shape index (κ1) is 30.4. The Morgan fingerprint density at radius 2 is 1.30 bits per heavy atom. The molecule has 4 heteroatoms. The van der Waals surface area contributed by atoms with E-state index >= 15 is 0 Å². The van der Waals surface area contributed by atoms with Crippen LogP contribution in [0.25, 0.3) is 0 Å². The highest BCUT2D eigenvalue weighted by Crippen LogP contribution is 2.34. The zero-order valence-electron chi connectivity index (χ0n) is 12.3. The number of aryl methyl sites for hydroxylation is 1. The maximum absolute atomic E-state index is 12.4. The van der Waals surface area contributed by atoms with Gasteiger partial charge in [-0.05, 0) is 44.7 Å². The van der Waals surface area contributed by atoms with Crippen molar-refractivity contribution in [3.05, 3.63) is 29.8 Å². The van der Waals surface area contributed by atoms with Gasteiger partial charge in [-0.3, -0.25) is 0 Å². The monoisotopic (exact) mass is 366 g/mol. The molecular weight excluding hydrogens is 328 g/mol. The van der Waals surface area contributed by atoms with Crippen LogP contribution >= 0.6 is 11.6 Å². The second kappa shape index (κ2) is 10.4. The Morgan fingerprint density at radius 1 is 0.913 bits per heavy atom. The van der Waals surface area contributed by atoms with E-state index < -0.39 is 14.7 Å². The SMILES string of the molecule is C.C.C.C.Cc1ccc(S(=O)(=O)CC(C)(C)CC(C)(C)Cl)cc1. The lowest BCUT2D eigenvalue weighted by Crippen LogP contribution is -2.30. The van der Waals surface area contributed by atoms with Crippen molar-refractivity contribution in [2.24, 2.45) is 5.41 Å². The number of benzene rings is 1. The van der Waals surface area contributed by atoms with Crippen molar-refractivity contribution < 1.29 is 8.42 Å².